The fraction of sp³-hybridized carbons (Fsp3) is 0.0952. The second-order valence-corrected chi connectivity index (χ2v) is 6.30. The molecule has 2 aromatic carbocycles. The Kier molecular flexibility index (Phi) is 3.97. The molecule has 0 fully saturated rings. The van der Waals surface area contributed by atoms with Crippen LogP contribution in [0.1, 0.15) is 0 Å². The number of aromatic nitrogens is 3. The Morgan fingerprint density at radius 3 is 2.23 bits per heavy atom. The highest BCUT2D eigenvalue weighted by Crippen LogP contribution is 2.31. The van der Waals surface area contributed by atoms with E-state index in [-0.39, 0.29) is 0 Å². The molecule has 4 aromatic rings. The highest BCUT2D eigenvalue weighted by atomic mass is 15.1. The number of benzene rings is 2. The standard InChI is InChI=1S/C21H19N5/c1-26(2)16-10-8-15(9-11-16)20-24-19(22)18-17(12-13-23-21(18)25-20)14-6-4-3-5-7-14/h3-13H,1-2H3,(H2,22,23,24,25). The number of rotatable bonds is 3. The van der Waals surface area contributed by atoms with Gasteiger partial charge in [0.15, 0.2) is 11.5 Å². The van der Waals surface area contributed by atoms with Gasteiger partial charge in [0.2, 0.25) is 0 Å². The molecule has 26 heavy (non-hydrogen) atoms. The van der Waals surface area contributed by atoms with Crippen molar-refractivity contribution in [2.45, 2.75) is 0 Å². The van der Waals surface area contributed by atoms with Crippen LogP contribution in [-0.4, -0.2) is 29.0 Å². The average molecular weight is 341 g/mol. The Morgan fingerprint density at radius 2 is 1.54 bits per heavy atom. The third-order valence-corrected chi connectivity index (χ3v) is 4.35. The summed E-state index contributed by atoms with van der Waals surface area (Å²) in [4.78, 5) is 15.7. The summed E-state index contributed by atoms with van der Waals surface area (Å²) >= 11 is 0. The van der Waals surface area contributed by atoms with Crippen molar-refractivity contribution < 1.29 is 0 Å². The molecule has 0 unspecified atom stereocenters. The van der Waals surface area contributed by atoms with Crippen LogP contribution in [0.4, 0.5) is 11.5 Å². The largest absolute Gasteiger partial charge is 0.383 e. The summed E-state index contributed by atoms with van der Waals surface area (Å²) in [5.41, 5.74) is 11.0. The normalized spacial score (nSPS) is 10.8. The molecule has 2 N–H and O–H groups in total. The Bertz CT molecular complexity index is 1060. The first-order valence-electron chi connectivity index (χ1n) is 8.39. The predicted molar refractivity (Wildman–Crippen MR) is 107 cm³/mol. The Balaban J connectivity index is 1.85. The number of hydrogen-bond donors (Lipinski definition) is 1. The van der Waals surface area contributed by atoms with Gasteiger partial charge in [-0.15, -0.1) is 0 Å². The van der Waals surface area contributed by atoms with Crippen molar-refractivity contribution >= 4 is 22.5 Å². The molecule has 2 heterocycles. The number of nitrogen functional groups attached to an aromatic ring is 1. The molecule has 4 rings (SSSR count). The van der Waals surface area contributed by atoms with Crippen molar-refractivity contribution in [1.82, 2.24) is 15.0 Å². The molecule has 0 aliphatic heterocycles. The van der Waals surface area contributed by atoms with E-state index in [1.807, 2.05) is 79.7 Å². The molecule has 0 saturated carbocycles. The van der Waals surface area contributed by atoms with Gasteiger partial charge in [-0.2, -0.15) is 0 Å². The quantitative estimate of drug-likeness (QED) is 0.610. The van der Waals surface area contributed by atoms with Crippen LogP contribution in [0.2, 0.25) is 0 Å². The van der Waals surface area contributed by atoms with Crippen LogP contribution in [0.25, 0.3) is 33.5 Å². The zero-order valence-electron chi connectivity index (χ0n) is 14.7. The van der Waals surface area contributed by atoms with E-state index >= 15 is 0 Å². The highest BCUT2D eigenvalue weighted by molar-refractivity contribution is 5.99. The first-order valence-corrected chi connectivity index (χ1v) is 8.39. The lowest BCUT2D eigenvalue weighted by Gasteiger charge is -2.13. The van der Waals surface area contributed by atoms with Gasteiger partial charge in [-0.3, -0.25) is 0 Å². The molecule has 0 aliphatic rings. The average Bonchev–Trinajstić information content (AvgIpc) is 2.68. The maximum Gasteiger partial charge on any atom is 0.165 e. The van der Waals surface area contributed by atoms with E-state index in [1.54, 1.807) is 6.20 Å². The lowest BCUT2D eigenvalue weighted by molar-refractivity contribution is 1.13. The van der Waals surface area contributed by atoms with Crippen molar-refractivity contribution in [2.75, 3.05) is 24.7 Å². The van der Waals surface area contributed by atoms with Crippen LogP contribution in [0.5, 0.6) is 0 Å². The maximum absolute atomic E-state index is 6.31. The monoisotopic (exact) mass is 341 g/mol. The van der Waals surface area contributed by atoms with Gasteiger partial charge in [-0.25, -0.2) is 15.0 Å². The fourth-order valence-electron chi connectivity index (χ4n) is 2.98. The number of hydrogen-bond acceptors (Lipinski definition) is 5. The molecule has 5 heteroatoms. The summed E-state index contributed by atoms with van der Waals surface area (Å²) in [6.45, 7) is 0. The second-order valence-electron chi connectivity index (χ2n) is 6.30. The topological polar surface area (TPSA) is 67.9 Å². The summed E-state index contributed by atoms with van der Waals surface area (Å²) in [6.07, 6.45) is 1.76. The van der Waals surface area contributed by atoms with E-state index in [1.165, 1.54) is 0 Å². The number of nitrogens with zero attached hydrogens (tertiary/aromatic N) is 4. The highest BCUT2D eigenvalue weighted by Gasteiger charge is 2.13. The summed E-state index contributed by atoms with van der Waals surface area (Å²) in [6, 6.07) is 20.1. The van der Waals surface area contributed by atoms with Crippen LogP contribution in [0.15, 0.2) is 66.9 Å². The molecule has 0 amide bonds. The van der Waals surface area contributed by atoms with E-state index < -0.39 is 0 Å². The Morgan fingerprint density at radius 1 is 0.808 bits per heavy atom. The third-order valence-electron chi connectivity index (χ3n) is 4.35. The molecule has 2 aromatic heterocycles. The van der Waals surface area contributed by atoms with E-state index in [0.29, 0.717) is 17.3 Å². The van der Waals surface area contributed by atoms with Gasteiger partial charge in [-0.05, 0) is 41.5 Å². The molecule has 5 nitrogen and oxygen atoms in total. The molecular formula is C21H19N5. The minimum atomic E-state index is 0.439. The minimum Gasteiger partial charge on any atom is -0.383 e. The summed E-state index contributed by atoms with van der Waals surface area (Å²) in [5.74, 6) is 1.02. The van der Waals surface area contributed by atoms with Crippen LogP contribution in [-0.2, 0) is 0 Å². The van der Waals surface area contributed by atoms with Gasteiger partial charge >= 0.3 is 0 Å². The van der Waals surface area contributed by atoms with Crippen LogP contribution < -0.4 is 10.6 Å². The first-order chi connectivity index (χ1) is 12.6. The molecule has 0 radical (unpaired) electrons. The lowest BCUT2D eigenvalue weighted by atomic mass is 10.0. The predicted octanol–water partition coefficient (Wildman–Crippen LogP) is 4.01. The zero-order valence-corrected chi connectivity index (χ0v) is 14.7. The molecule has 0 bridgehead atoms. The number of fused-ring (bicyclic) bond motifs is 1. The maximum atomic E-state index is 6.31. The van der Waals surface area contributed by atoms with Crippen LogP contribution in [0, 0.1) is 0 Å². The van der Waals surface area contributed by atoms with Crippen molar-refractivity contribution in [3.63, 3.8) is 0 Å². The van der Waals surface area contributed by atoms with Crippen molar-refractivity contribution in [2.24, 2.45) is 0 Å². The van der Waals surface area contributed by atoms with E-state index in [9.17, 15) is 0 Å². The third kappa shape index (κ3) is 2.84. The Labute approximate surface area is 152 Å². The molecule has 128 valence electrons. The molecule has 0 aliphatic carbocycles. The fourth-order valence-corrected chi connectivity index (χ4v) is 2.98. The van der Waals surface area contributed by atoms with Gasteiger partial charge in [0, 0.05) is 31.5 Å². The molecule has 0 spiro atoms. The van der Waals surface area contributed by atoms with Gasteiger partial charge in [-0.1, -0.05) is 30.3 Å². The second kappa shape index (κ2) is 6.44. The molecule has 0 saturated heterocycles. The van der Waals surface area contributed by atoms with Gasteiger partial charge in [0.1, 0.15) is 5.82 Å². The van der Waals surface area contributed by atoms with E-state index in [0.717, 1.165) is 27.8 Å². The Hall–Kier alpha value is -3.47. The van der Waals surface area contributed by atoms with Crippen molar-refractivity contribution in [3.05, 3.63) is 66.9 Å². The molecule has 0 atom stereocenters. The number of pyridine rings is 1. The SMILES string of the molecule is CN(C)c1ccc(-c2nc(N)c3c(-c4ccccc4)ccnc3n2)cc1. The van der Waals surface area contributed by atoms with E-state index in [4.69, 9.17) is 5.73 Å². The van der Waals surface area contributed by atoms with Crippen LogP contribution in [0.3, 0.4) is 0 Å². The zero-order chi connectivity index (χ0) is 18.1. The van der Waals surface area contributed by atoms with E-state index in [2.05, 4.69) is 15.0 Å². The van der Waals surface area contributed by atoms with Crippen molar-refractivity contribution in [1.29, 1.82) is 0 Å². The van der Waals surface area contributed by atoms with Gasteiger partial charge in [0.25, 0.3) is 0 Å². The molecular weight excluding hydrogens is 322 g/mol. The van der Waals surface area contributed by atoms with Crippen LogP contribution >= 0.6 is 0 Å². The van der Waals surface area contributed by atoms with Crippen molar-refractivity contribution in [3.8, 4) is 22.5 Å². The summed E-state index contributed by atoms with van der Waals surface area (Å²) in [7, 11) is 4.02. The minimum absolute atomic E-state index is 0.439. The number of anilines is 2. The van der Waals surface area contributed by atoms with Gasteiger partial charge < -0.3 is 10.6 Å². The summed E-state index contributed by atoms with van der Waals surface area (Å²) < 4.78 is 0. The summed E-state index contributed by atoms with van der Waals surface area (Å²) in [5, 5.41) is 0.785. The smallest absolute Gasteiger partial charge is 0.165 e. The number of nitrogens with two attached hydrogens (primary N) is 1. The van der Waals surface area contributed by atoms with Gasteiger partial charge in [0.05, 0.1) is 5.39 Å². The first kappa shape index (κ1) is 16.0. The lowest BCUT2D eigenvalue weighted by Crippen LogP contribution is -2.08.